The van der Waals surface area contributed by atoms with E-state index in [0.29, 0.717) is 16.9 Å². The number of aromatic nitrogens is 3. The average molecular weight is 301 g/mol. The van der Waals surface area contributed by atoms with E-state index in [4.69, 9.17) is 5.41 Å². The Balaban J connectivity index is 2.21. The molecular weight excluding hydrogens is 290 g/mol. The minimum atomic E-state index is -0.00255. The van der Waals surface area contributed by atoms with Gasteiger partial charge in [-0.05, 0) is 30.3 Å². The second-order valence-corrected chi connectivity index (χ2v) is 5.14. The normalized spacial score (nSPS) is 10.9. The van der Waals surface area contributed by atoms with Crippen LogP contribution < -0.4 is 5.49 Å². The molecule has 4 rings (SSSR count). The third-order valence-electron chi connectivity index (χ3n) is 3.77. The number of nitriles is 1. The van der Waals surface area contributed by atoms with Gasteiger partial charge in [-0.15, -0.1) is 0 Å². The molecule has 0 fully saturated rings. The number of phenols is 1. The van der Waals surface area contributed by atoms with E-state index in [2.05, 4.69) is 9.97 Å². The van der Waals surface area contributed by atoms with E-state index < -0.39 is 0 Å². The zero-order valence-electron chi connectivity index (χ0n) is 11.9. The van der Waals surface area contributed by atoms with Crippen LogP contribution in [0.4, 0.5) is 0 Å². The van der Waals surface area contributed by atoms with Crippen molar-refractivity contribution in [3.05, 3.63) is 59.7 Å². The van der Waals surface area contributed by atoms with Gasteiger partial charge < -0.3 is 10.1 Å². The molecule has 0 aliphatic heterocycles. The highest BCUT2D eigenvalue weighted by Crippen LogP contribution is 2.24. The van der Waals surface area contributed by atoms with Crippen molar-refractivity contribution in [1.82, 2.24) is 14.5 Å². The quantitative estimate of drug-likeness (QED) is 0.503. The van der Waals surface area contributed by atoms with Gasteiger partial charge in [0.1, 0.15) is 23.0 Å². The lowest BCUT2D eigenvalue weighted by Gasteiger charge is -2.09. The molecule has 110 valence electrons. The number of para-hydroxylation sites is 1. The van der Waals surface area contributed by atoms with E-state index in [9.17, 15) is 10.4 Å². The van der Waals surface area contributed by atoms with Crippen LogP contribution in [0.1, 0.15) is 5.69 Å². The van der Waals surface area contributed by atoms with Crippen molar-refractivity contribution < 1.29 is 5.11 Å². The maximum absolute atomic E-state index is 9.47. The van der Waals surface area contributed by atoms with E-state index in [-0.39, 0.29) is 16.9 Å². The second kappa shape index (κ2) is 4.71. The van der Waals surface area contributed by atoms with Crippen LogP contribution in [0, 0.1) is 16.7 Å². The summed E-state index contributed by atoms with van der Waals surface area (Å²) in [6.45, 7) is 0. The summed E-state index contributed by atoms with van der Waals surface area (Å²) in [5, 5.41) is 28.0. The number of aromatic hydroxyl groups is 1. The van der Waals surface area contributed by atoms with Crippen LogP contribution in [-0.4, -0.2) is 19.6 Å². The zero-order chi connectivity index (χ0) is 16.0. The van der Waals surface area contributed by atoms with Gasteiger partial charge in [0.25, 0.3) is 0 Å². The Morgan fingerprint density at radius 2 is 1.87 bits per heavy atom. The van der Waals surface area contributed by atoms with E-state index in [0.717, 1.165) is 10.9 Å². The van der Waals surface area contributed by atoms with E-state index in [1.165, 1.54) is 0 Å². The number of H-pyrrole nitrogens is 1. The van der Waals surface area contributed by atoms with Crippen LogP contribution in [0.25, 0.3) is 27.8 Å². The van der Waals surface area contributed by atoms with Crippen LogP contribution in [0.2, 0.25) is 0 Å². The van der Waals surface area contributed by atoms with Gasteiger partial charge in [-0.3, -0.25) is 9.98 Å². The molecule has 0 saturated heterocycles. The fourth-order valence-corrected chi connectivity index (χ4v) is 2.71. The number of phenolic OH excluding ortho intramolecular Hbond substituents is 1. The van der Waals surface area contributed by atoms with Crippen LogP contribution in [0.3, 0.4) is 0 Å². The summed E-state index contributed by atoms with van der Waals surface area (Å²) in [4.78, 5) is 7.60. The molecule has 0 bridgehead atoms. The van der Waals surface area contributed by atoms with Gasteiger partial charge in [0.2, 0.25) is 0 Å². The molecule has 2 aromatic carbocycles. The summed E-state index contributed by atoms with van der Waals surface area (Å²) in [5.41, 5.74) is 2.88. The molecule has 23 heavy (non-hydrogen) atoms. The molecule has 0 saturated carbocycles. The Labute approximate surface area is 130 Å². The number of hydrogen-bond donors (Lipinski definition) is 3. The molecule has 2 heterocycles. The summed E-state index contributed by atoms with van der Waals surface area (Å²) in [7, 11) is 0. The number of hydrogen-bond acceptors (Lipinski definition) is 4. The molecule has 6 heteroatoms. The Morgan fingerprint density at radius 1 is 1.13 bits per heavy atom. The van der Waals surface area contributed by atoms with Crippen LogP contribution in [0.15, 0.2) is 48.5 Å². The Bertz CT molecular complexity index is 1150. The van der Waals surface area contributed by atoms with Crippen molar-refractivity contribution in [3.8, 4) is 17.5 Å². The SMILES string of the molecule is N#Cc1nc2c3ccccc3[nH]c2n(-c2ccc(O)cc2)c1=N. The molecule has 0 aliphatic carbocycles. The van der Waals surface area contributed by atoms with Crippen molar-refractivity contribution in [1.29, 1.82) is 10.7 Å². The minimum Gasteiger partial charge on any atom is -0.508 e. The zero-order valence-corrected chi connectivity index (χ0v) is 11.9. The first-order valence-electron chi connectivity index (χ1n) is 6.96. The summed E-state index contributed by atoms with van der Waals surface area (Å²) < 4.78 is 1.63. The van der Waals surface area contributed by atoms with Gasteiger partial charge in [0.15, 0.2) is 11.2 Å². The summed E-state index contributed by atoms with van der Waals surface area (Å²) in [5.74, 6) is 0.142. The van der Waals surface area contributed by atoms with Crippen molar-refractivity contribution in [2.24, 2.45) is 0 Å². The van der Waals surface area contributed by atoms with Gasteiger partial charge in [-0.1, -0.05) is 18.2 Å². The first kappa shape index (κ1) is 13.1. The minimum absolute atomic E-state index is 0.00255. The van der Waals surface area contributed by atoms with Crippen molar-refractivity contribution in [2.75, 3.05) is 0 Å². The Hall–Kier alpha value is -3.59. The summed E-state index contributed by atoms with van der Waals surface area (Å²) in [6.07, 6.45) is 0. The van der Waals surface area contributed by atoms with Gasteiger partial charge in [0, 0.05) is 16.6 Å². The lowest BCUT2D eigenvalue weighted by Crippen LogP contribution is -2.23. The lowest BCUT2D eigenvalue weighted by molar-refractivity contribution is 0.475. The third kappa shape index (κ3) is 1.88. The van der Waals surface area contributed by atoms with Gasteiger partial charge in [-0.2, -0.15) is 5.26 Å². The third-order valence-corrected chi connectivity index (χ3v) is 3.77. The molecule has 0 radical (unpaired) electrons. The smallest absolute Gasteiger partial charge is 0.184 e. The highest BCUT2D eigenvalue weighted by Gasteiger charge is 2.14. The monoisotopic (exact) mass is 301 g/mol. The molecule has 0 unspecified atom stereocenters. The van der Waals surface area contributed by atoms with E-state index in [1.54, 1.807) is 28.8 Å². The number of aromatic amines is 1. The Kier molecular flexibility index (Phi) is 2.68. The fourth-order valence-electron chi connectivity index (χ4n) is 2.71. The standard InChI is InChI=1S/C17H11N5O/c18-9-14-16(19)22(10-5-7-11(23)8-6-10)17-15(20-14)12-3-1-2-4-13(12)21-17/h1-8,19,21,23H. The molecule has 2 aromatic heterocycles. The topological polar surface area (TPSA) is 101 Å². The number of benzene rings is 2. The molecule has 0 amide bonds. The molecule has 4 aromatic rings. The summed E-state index contributed by atoms with van der Waals surface area (Å²) in [6, 6.07) is 16.1. The largest absolute Gasteiger partial charge is 0.508 e. The first-order valence-corrected chi connectivity index (χ1v) is 6.96. The number of rotatable bonds is 1. The van der Waals surface area contributed by atoms with Crippen molar-refractivity contribution in [2.45, 2.75) is 0 Å². The lowest BCUT2D eigenvalue weighted by atomic mass is 10.2. The predicted molar refractivity (Wildman–Crippen MR) is 85.2 cm³/mol. The maximum atomic E-state index is 9.47. The molecule has 0 atom stereocenters. The first-order chi connectivity index (χ1) is 11.2. The van der Waals surface area contributed by atoms with E-state index >= 15 is 0 Å². The second-order valence-electron chi connectivity index (χ2n) is 5.14. The predicted octanol–water partition coefficient (Wildman–Crippen LogP) is 2.56. The average Bonchev–Trinajstić information content (AvgIpc) is 2.93. The van der Waals surface area contributed by atoms with Gasteiger partial charge in [-0.25, -0.2) is 4.98 Å². The molecule has 3 N–H and O–H groups in total. The van der Waals surface area contributed by atoms with Crippen LogP contribution in [0.5, 0.6) is 5.75 Å². The van der Waals surface area contributed by atoms with Gasteiger partial charge >= 0.3 is 0 Å². The maximum Gasteiger partial charge on any atom is 0.184 e. The highest BCUT2D eigenvalue weighted by molar-refractivity contribution is 6.04. The van der Waals surface area contributed by atoms with Crippen LogP contribution in [-0.2, 0) is 0 Å². The van der Waals surface area contributed by atoms with Crippen molar-refractivity contribution in [3.63, 3.8) is 0 Å². The highest BCUT2D eigenvalue weighted by atomic mass is 16.3. The van der Waals surface area contributed by atoms with Crippen molar-refractivity contribution >= 4 is 22.1 Å². The van der Waals surface area contributed by atoms with Gasteiger partial charge in [0.05, 0.1) is 0 Å². The molecule has 0 aliphatic rings. The Morgan fingerprint density at radius 3 is 2.61 bits per heavy atom. The number of nitrogens with zero attached hydrogens (tertiary/aromatic N) is 3. The molecule has 6 nitrogen and oxygen atoms in total. The molecule has 0 spiro atoms. The fraction of sp³-hybridized carbons (Fsp3) is 0. The van der Waals surface area contributed by atoms with E-state index in [1.807, 2.05) is 30.3 Å². The number of nitrogens with one attached hydrogen (secondary N) is 2. The summed E-state index contributed by atoms with van der Waals surface area (Å²) >= 11 is 0. The molecular formula is C17H11N5O. The number of fused-ring (bicyclic) bond motifs is 3. The van der Waals surface area contributed by atoms with Crippen LogP contribution >= 0.6 is 0 Å².